The molecule has 0 spiro atoms. The molecule has 2 bridgehead atoms. The molecule has 0 unspecified atom stereocenters. The lowest BCUT2D eigenvalue weighted by molar-refractivity contribution is -0.144. The fourth-order valence-electron chi connectivity index (χ4n) is 6.21. The molecule has 3 saturated heterocycles. The van der Waals surface area contributed by atoms with Crippen LogP contribution in [0.2, 0.25) is 0 Å². The van der Waals surface area contributed by atoms with Gasteiger partial charge < -0.3 is 9.80 Å². The fraction of sp³-hybridized carbons (Fsp3) is 0.640. The molecule has 32 heavy (non-hydrogen) atoms. The summed E-state index contributed by atoms with van der Waals surface area (Å²) < 4.78 is 13.5. The number of hydrogen-bond donors (Lipinski definition) is 0. The van der Waals surface area contributed by atoms with Crippen molar-refractivity contribution in [2.24, 2.45) is 11.8 Å². The molecule has 5 atom stereocenters. The molecule has 4 aliphatic rings. The highest BCUT2D eigenvalue weighted by atomic mass is 19.1. The molecular weight excluding hydrogens is 407 g/mol. The van der Waals surface area contributed by atoms with Gasteiger partial charge in [0.2, 0.25) is 11.8 Å². The summed E-state index contributed by atoms with van der Waals surface area (Å²) in [7, 11) is 0. The van der Waals surface area contributed by atoms with Crippen LogP contribution in [0.25, 0.3) is 0 Å². The van der Waals surface area contributed by atoms with Crippen molar-refractivity contribution in [2.45, 2.75) is 69.6 Å². The number of nitrogens with zero attached hydrogens (tertiary/aromatic N) is 4. The summed E-state index contributed by atoms with van der Waals surface area (Å²) in [5, 5.41) is 9.31. The van der Waals surface area contributed by atoms with E-state index in [9.17, 15) is 19.2 Å². The van der Waals surface area contributed by atoms with Gasteiger partial charge >= 0.3 is 0 Å². The van der Waals surface area contributed by atoms with Crippen LogP contribution in [0.3, 0.4) is 0 Å². The zero-order chi connectivity index (χ0) is 22.4. The minimum absolute atomic E-state index is 0.0223. The largest absolute Gasteiger partial charge is 0.330 e. The van der Waals surface area contributed by atoms with Crippen LogP contribution in [0.4, 0.5) is 4.39 Å². The molecule has 0 N–H and O–H groups in total. The van der Waals surface area contributed by atoms with Crippen molar-refractivity contribution in [2.75, 3.05) is 19.6 Å². The SMILES string of the molecule is C[C@@H](CN1C[C@H]2C[C@@H]1C(=O)N2[C@@H](c1ccc(F)cc1)C1CCC1)C(=O)N1CCC[C@H]1C#N. The van der Waals surface area contributed by atoms with Crippen molar-refractivity contribution in [1.29, 1.82) is 5.26 Å². The summed E-state index contributed by atoms with van der Waals surface area (Å²) in [5.74, 6) is 0.134. The van der Waals surface area contributed by atoms with Crippen LogP contribution < -0.4 is 0 Å². The Morgan fingerprint density at radius 3 is 2.59 bits per heavy atom. The minimum atomic E-state index is -0.309. The average Bonchev–Trinajstić information content (AvgIpc) is 3.45. The van der Waals surface area contributed by atoms with Crippen molar-refractivity contribution < 1.29 is 14.0 Å². The van der Waals surface area contributed by atoms with Crippen molar-refractivity contribution >= 4 is 11.8 Å². The average molecular weight is 439 g/mol. The van der Waals surface area contributed by atoms with Gasteiger partial charge in [0.1, 0.15) is 11.9 Å². The Bertz CT molecular complexity index is 925. The molecule has 0 radical (unpaired) electrons. The van der Waals surface area contributed by atoms with E-state index in [4.69, 9.17) is 0 Å². The van der Waals surface area contributed by atoms with E-state index in [1.807, 2.05) is 19.1 Å². The number of rotatable bonds is 6. The smallest absolute Gasteiger partial charge is 0.240 e. The highest BCUT2D eigenvalue weighted by Crippen LogP contribution is 2.47. The molecule has 1 aromatic carbocycles. The van der Waals surface area contributed by atoms with Crippen LogP contribution in [0.5, 0.6) is 0 Å². The van der Waals surface area contributed by atoms with Gasteiger partial charge in [-0.15, -0.1) is 0 Å². The van der Waals surface area contributed by atoms with Crippen molar-refractivity contribution in [1.82, 2.24) is 14.7 Å². The first-order valence-corrected chi connectivity index (χ1v) is 12.0. The standard InChI is InChI=1S/C25H31FN4O2/c1-16(24(31)29-11-3-6-20(29)13-27)14-28-15-21-12-22(28)25(32)30(21)23(17-4-2-5-17)18-7-9-19(26)10-8-18/h7-10,16-17,20-23H,2-6,11-12,14-15H2,1H3/t16-,20-,21+,22+,23+/m0/s1. The van der Waals surface area contributed by atoms with E-state index in [1.54, 1.807) is 4.90 Å². The Kier molecular flexibility index (Phi) is 5.66. The lowest BCUT2D eigenvalue weighted by Crippen LogP contribution is -2.54. The minimum Gasteiger partial charge on any atom is -0.330 e. The zero-order valence-corrected chi connectivity index (χ0v) is 18.6. The maximum absolute atomic E-state index is 13.5. The molecule has 2 amide bonds. The number of halogens is 1. The molecule has 1 saturated carbocycles. The van der Waals surface area contributed by atoms with Crippen LogP contribution in [0.1, 0.15) is 57.1 Å². The Labute approximate surface area is 189 Å². The van der Waals surface area contributed by atoms with Crippen LogP contribution >= 0.6 is 0 Å². The van der Waals surface area contributed by atoms with E-state index in [-0.39, 0.29) is 47.7 Å². The van der Waals surface area contributed by atoms with E-state index in [0.717, 1.165) is 44.2 Å². The van der Waals surface area contributed by atoms with E-state index in [2.05, 4.69) is 15.9 Å². The van der Waals surface area contributed by atoms with E-state index in [1.165, 1.54) is 18.6 Å². The first kappa shape index (κ1) is 21.4. The number of likely N-dealkylation sites (tertiary alicyclic amines) is 3. The normalized spacial score (nSPS) is 29.8. The molecule has 3 aliphatic heterocycles. The predicted molar refractivity (Wildman–Crippen MR) is 117 cm³/mol. The number of amides is 2. The number of piperazine rings is 1. The monoisotopic (exact) mass is 438 g/mol. The summed E-state index contributed by atoms with van der Waals surface area (Å²) in [6.45, 7) is 3.90. The van der Waals surface area contributed by atoms with Crippen LogP contribution in [-0.2, 0) is 9.59 Å². The Morgan fingerprint density at radius 2 is 1.97 bits per heavy atom. The number of benzene rings is 1. The van der Waals surface area contributed by atoms with Gasteiger partial charge in [-0.25, -0.2) is 4.39 Å². The number of nitriles is 1. The quantitative estimate of drug-likeness (QED) is 0.685. The molecule has 3 heterocycles. The van der Waals surface area contributed by atoms with Crippen LogP contribution in [0, 0.1) is 29.0 Å². The molecule has 7 heteroatoms. The maximum atomic E-state index is 13.5. The lowest BCUT2D eigenvalue weighted by atomic mass is 9.76. The lowest BCUT2D eigenvalue weighted by Gasteiger charge is -2.45. The highest BCUT2D eigenvalue weighted by Gasteiger charge is 2.53. The second-order valence-electron chi connectivity index (χ2n) is 10.0. The number of carbonyl (C=O) groups is 2. The number of carbonyl (C=O) groups excluding carboxylic acids is 2. The van der Waals surface area contributed by atoms with Gasteiger partial charge in [0.25, 0.3) is 0 Å². The van der Waals surface area contributed by atoms with Crippen LogP contribution in [0.15, 0.2) is 24.3 Å². The van der Waals surface area contributed by atoms with Gasteiger partial charge in [0.15, 0.2) is 0 Å². The van der Waals surface area contributed by atoms with Gasteiger partial charge in [0, 0.05) is 31.6 Å². The van der Waals surface area contributed by atoms with E-state index in [0.29, 0.717) is 19.0 Å². The Morgan fingerprint density at radius 1 is 1.22 bits per heavy atom. The third-order valence-corrected chi connectivity index (χ3v) is 8.04. The summed E-state index contributed by atoms with van der Waals surface area (Å²) >= 11 is 0. The van der Waals surface area contributed by atoms with Gasteiger partial charge in [-0.3, -0.25) is 14.5 Å². The number of hydrogen-bond acceptors (Lipinski definition) is 4. The summed E-state index contributed by atoms with van der Waals surface area (Å²) in [6.07, 6.45) is 5.83. The summed E-state index contributed by atoms with van der Waals surface area (Å²) in [5.41, 5.74) is 1.03. The van der Waals surface area contributed by atoms with Crippen molar-refractivity contribution in [3.8, 4) is 6.07 Å². The summed E-state index contributed by atoms with van der Waals surface area (Å²) in [6, 6.07) is 8.57. The van der Waals surface area contributed by atoms with Gasteiger partial charge in [-0.2, -0.15) is 5.26 Å². The fourth-order valence-corrected chi connectivity index (χ4v) is 6.21. The third kappa shape index (κ3) is 3.59. The summed E-state index contributed by atoms with van der Waals surface area (Å²) in [4.78, 5) is 32.4. The number of fused-ring (bicyclic) bond motifs is 2. The molecule has 4 fully saturated rings. The second kappa shape index (κ2) is 8.47. The molecule has 1 aromatic rings. The Hall–Kier alpha value is -2.46. The first-order chi connectivity index (χ1) is 15.5. The molecule has 6 nitrogen and oxygen atoms in total. The molecule has 5 rings (SSSR count). The van der Waals surface area contributed by atoms with Crippen LogP contribution in [-0.4, -0.2) is 64.3 Å². The molecule has 170 valence electrons. The zero-order valence-electron chi connectivity index (χ0n) is 18.6. The third-order valence-electron chi connectivity index (χ3n) is 8.04. The van der Waals surface area contributed by atoms with E-state index < -0.39 is 0 Å². The first-order valence-electron chi connectivity index (χ1n) is 12.0. The second-order valence-corrected chi connectivity index (χ2v) is 10.0. The van der Waals surface area contributed by atoms with Crippen molar-refractivity contribution in [3.05, 3.63) is 35.6 Å². The van der Waals surface area contributed by atoms with E-state index >= 15 is 0 Å². The maximum Gasteiger partial charge on any atom is 0.240 e. The highest BCUT2D eigenvalue weighted by molar-refractivity contribution is 5.86. The molecular formula is C25H31FN4O2. The Balaban J connectivity index is 1.28. The van der Waals surface area contributed by atoms with Crippen molar-refractivity contribution in [3.63, 3.8) is 0 Å². The molecule has 1 aliphatic carbocycles. The predicted octanol–water partition coefficient (Wildman–Crippen LogP) is 3.10. The van der Waals surface area contributed by atoms with Gasteiger partial charge in [0.05, 0.1) is 18.2 Å². The topological polar surface area (TPSA) is 67.7 Å². The van der Waals surface area contributed by atoms with Gasteiger partial charge in [-0.1, -0.05) is 25.5 Å². The molecule has 0 aromatic heterocycles. The van der Waals surface area contributed by atoms with Gasteiger partial charge in [-0.05, 0) is 55.7 Å².